The number of aromatic nitrogens is 1. The van der Waals surface area contributed by atoms with Crippen LogP contribution in [0.2, 0.25) is 0 Å². The van der Waals surface area contributed by atoms with Crippen LogP contribution in [0.4, 0.5) is 11.4 Å². The van der Waals surface area contributed by atoms with Gasteiger partial charge in [-0.25, -0.2) is 0 Å². The molecule has 0 saturated carbocycles. The van der Waals surface area contributed by atoms with Crippen LogP contribution in [0.1, 0.15) is 67.3 Å². The molecular formula is C42H44HfN2-4. The van der Waals surface area contributed by atoms with Crippen molar-refractivity contribution < 1.29 is 25.8 Å². The van der Waals surface area contributed by atoms with Gasteiger partial charge in [0.2, 0.25) is 0 Å². The summed E-state index contributed by atoms with van der Waals surface area (Å²) in [7, 11) is 0. The van der Waals surface area contributed by atoms with Gasteiger partial charge in [-0.05, 0) is 23.3 Å². The summed E-state index contributed by atoms with van der Waals surface area (Å²) in [6.45, 7) is 20.0. The van der Waals surface area contributed by atoms with Crippen molar-refractivity contribution in [1.29, 1.82) is 0 Å². The van der Waals surface area contributed by atoms with Crippen molar-refractivity contribution in [3.8, 4) is 0 Å². The summed E-state index contributed by atoms with van der Waals surface area (Å²) in [5.74, 6) is 0.880. The molecule has 45 heavy (non-hydrogen) atoms. The van der Waals surface area contributed by atoms with E-state index < -0.39 is 0 Å². The fourth-order valence-corrected chi connectivity index (χ4v) is 4.37. The molecule has 0 aliphatic heterocycles. The first-order valence-electron chi connectivity index (χ1n) is 15.1. The Morgan fingerprint density at radius 1 is 0.489 bits per heavy atom. The van der Waals surface area contributed by atoms with Gasteiger partial charge in [-0.1, -0.05) is 99.5 Å². The van der Waals surface area contributed by atoms with Crippen molar-refractivity contribution >= 4 is 22.3 Å². The first-order valence-corrected chi connectivity index (χ1v) is 15.1. The van der Waals surface area contributed by atoms with Gasteiger partial charge in [0.1, 0.15) is 0 Å². The Morgan fingerprint density at radius 3 is 1.27 bits per heavy atom. The maximum absolute atomic E-state index is 5.05. The van der Waals surface area contributed by atoms with E-state index in [1.54, 1.807) is 0 Å². The molecule has 3 heteroatoms. The van der Waals surface area contributed by atoms with Crippen LogP contribution in [0.5, 0.6) is 0 Å². The molecule has 0 fully saturated rings. The van der Waals surface area contributed by atoms with E-state index in [0.29, 0.717) is 11.8 Å². The third kappa shape index (κ3) is 12.7. The molecule has 0 atom stereocenters. The Bertz CT molecular complexity index is 1530. The van der Waals surface area contributed by atoms with Crippen molar-refractivity contribution in [1.82, 2.24) is 4.98 Å². The quantitative estimate of drug-likeness (QED) is 0.130. The molecule has 0 N–H and O–H groups in total. The zero-order valence-electron chi connectivity index (χ0n) is 27.0. The molecule has 2 nitrogen and oxygen atoms in total. The Labute approximate surface area is 290 Å². The van der Waals surface area contributed by atoms with Crippen molar-refractivity contribution in [3.05, 3.63) is 200 Å². The number of hydrogen-bond donors (Lipinski definition) is 0. The second kappa shape index (κ2) is 19.9. The zero-order valence-corrected chi connectivity index (χ0v) is 30.6. The summed E-state index contributed by atoms with van der Waals surface area (Å²) < 4.78 is 0. The second-order valence-electron chi connectivity index (χ2n) is 11.0. The standard InChI is InChI=1S/C21H23N2.3C7H7.Hf/c1-14(2)17-10-6-11-18(15(3)4)21(17)23-19-12-5-8-16-9-7-13-22-20(16)19;3*1-7-5-3-2-4-6-7;/h5-15H,1-4H3;3*2-6H,1H2;/q4*-1;. The Hall–Kier alpha value is -4.21. The maximum atomic E-state index is 5.05. The van der Waals surface area contributed by atoms with Crippen molar-refractivity contribution in [2.24, 2.45) is 0 Å². The number of rotatable bonds is 4. The molecule has 1 heterocycles. The SMILES string of the molecule is CC(C)c1cccc(C(C)C)c1[N-]c1cccc2cccnc12.[CH2-]c1ccccc1.[CH2-]c1ccccc1.[CH2-]c1ccccc1.[Hf]. The first-order chi connectivity index (χ1) is 21.3. The van der Waals surface area contributed by atoms with Crippen LogP contribution in [0.15, 0.2) is 146 Å². The minimum Gasteiger partial charge on any atom is -0.656 e. The van der Waals surface area contributed by atoms with Gasteiger partial charge in [-0.3, -0.25) is 4.98 Å². The third-order valence-electron chi connectivity index (χ3n) is 6.71. The number of para-hydroxylation sites is 2. The van der Waals surface area contributed by atoms with Crippen molar-refractivity contribution in [2.45, 2.75) is 39.5 Å². The summed E-state index contributed by atoms with van der Waals surface area (Å²) in [6.07, 6.45) is 1.83. The number of nitrogens with zero attached hydrogens (tertiary/aromatic N) is 2. The largest absolute Gasteiger partial charge is 0.656 e. The summed E-state index contributed by atoms with van der Waals surface area (Å²) >= 11 is 0. The van der Waals surface area contributed by atoms with Crippen molar-refractivity contribution in [2.75, 3.05) is 0 Å². The maximum Gasteiger partial charge on any atom is 0.0555 e. The normalized spacial score (nSPS) is 9.82. The van der Waals surface area contributed by atoms with E-state index in [4.69, 9.17) is 5.32 Å². The van der Waals surface area contributed by atoms with E-state index in [0.717, 1.165) is 39.0 Å². The Balaban J connectivity index is 0.000000259. The molecular weight excluding hydrogens is 711 g/mol. The molecule has 0 unspecified atom stereocenters. The Kier molecular flexibility index (Phi) is 16.4. The zero-order chi connectivity index (χ0) is 31.7. The topological polar surface area (TPSA) is 27.0 Å². The number of pyridine rings is 1. The van der Waals surface area contributed by atoms with Gasteiger partial charge in [0.05, 0.1) is 5.52 Å². The van der Waals surface area contributed by atoms with Crippen LogP contribution in [0.25, 0.3) is 16.2 Å². The molecule has 0 amide bonds. The van der Waals surface area contributed by atoms with Gasteiger partial charge < -0.3 is 5.32 Å². The van der Waals surface area contributed by atoms with Gasteiger partial charge >= 0.3 is 0 Å². The molecule has 230 valence electrons. The molecule has 5 aromatic carbocycles. The summed E-state index contributed by atoms with van der Waals surface area (Å²) in [5.41, 5.74) is 8.82. The number of benzene rings is 5. The van der Waals surface area contributed by atoms with Crippen LogP contribution in [-0.4, -0.2) is 4.98 Å². The minimum atomic E-state index is 0. The fourth-order valence-electron chi connectivity index (χ4n) is 4.37. The predicted molar refractivity (Wildman–Crippen MR) is 192 cm³/mol. The minimum absolute atomic E-state index is 0. The molecule has 0 bridgehead atoms. The van der Waals surface area contributed by atoms with Crippen LogP contribution in [0.3, 0.4) is 0 Å². The van der Waals surface area contributed by atoms with Gasteiger partial charge in [0, 0.05) is 32.0 Å². The molecule has 1 aromatic heterocycles. The van der Waals surface area contributed by atoms with Crippen molar-refractivity contribution in [3.63, 3.8) is 0 Å². The number of hydrogen-bond acceptors (Lipinski definition) is 1. The van der Waals surface area contributed by atoms with E-state index in [1.807, 2.05) is 103 Å². The molecule has 0 aliphatic carbocycles. The average Bonchev–Trinajstić information content (AvgIpc) is 3.03. The molecule has 0 radical (unpaired) electrons. The predicted octanol–water partition coefficient (Wildman–Crippen LogP) is 12.4. The molecule has 6 rings (SSSR count). The number of fused-ring (bicyclic) bond motifs is 1. The second-order valence-corrected chi connectivity index (χ2v) is 11.0. The van der Waals surface area contributed by atoms with E-state index in [9.17, 15) is 0 Å². The van der Waals surface area contributed by atoms with Crippen LogP contribution in [0, 0.1) is 20.8 Å². The van der Waals surface area contributed by atoms with Gasteiger partial charge in [-0.15, -0.1) is 47.8 Å². The van der Waals surface area contributed by atoms with Crippen LogP contribution >= 0.6 is 0 Å². The Morgan fingerprint density at radius 2 is 0.889 bits per heavy atom. The average molecular weight is 755 g/mol. The molecule has 6 aromatic rings. The third-order valence-corrected chi connectivity index (χ3v) is 6.71. The molecule has 0 spiro atoms. The van der Waals surface area contributed by atoms with Crippen LogP contribution < -0.4 is 0 Å². The molecule has 0 saturated heterocycles. The van der Waals surface area contributed by atoms with E-state index in [-0.39, 0.29) is 25.8 Å². The van der Waals surface area contributed by atoms with E-state index >= 15 is 0 Å². The van der Waals surface area contributed by atoms with E-state index in [2.05, 4.69) is 95.9 Å². The first kappa shape index (κ1) is 37.0. The monoisotopic (exact) mass is 756 g/mol. The summed E-state index contributed by atoms with van der Waals surface area (Å²) in [5, 5.41) is 6.18. The fraction of sp³-hybridized carbons (Fsp3) is 0.143. The summed E-state index contributed by atoms with van der Waals surface area (Å²) in [6, 6.07) is 46.4. The van der Waals surface area contributed by atoms with Gasteiger partial charge in [0.15, 0.2) is 0 Å². The smallest absolute Gasteiger partial charge is 0.0555 e. The molecule has 0 aliphatic rings. The van der Waals surface area contributed by atoms with Gasteiger partial charge in [0.25, 0.3) is 0 Å². The van der Waals surface area contributed by atoms with Gasteiger partial charge in [-0.2, -0.15) is 73.9 Å². The summed E-state index contributed by atoms with van der Waals surface area (Å²) in [4.78, 5) is 4.53. The van der Waals surface area contributed by atoms with E-state index in [1.165, 1.54) is 11.1 Å². The van der Waals surface area contributed by atoms with Crippen LogP contribution in [-0.2, 0) is 25.8 Å².